The lowest BCUT2D eigenvalue weighted by molar-refractivity contribution is -0.123. The van der Waals surface area contributed by atoms with E-state index >= 15 is 0 Å². The van der Waals surface area contributed by atoms with Gasteiger partial charge in [0.15, 0.2) is 0 Å². The third-order valence-corrected chi connectivity index (χ3v) is 3.48. The Kier molecular flexibility index (Phi) is 3.92. The Labute approximate surface area is 114 Å². The average Bonchev–Trinajstić information content (AvgIpc) is 2.29. The van der Waals surface area contributed by atoms with E-state index < -0.39 is 5.54 Å². The van der Waals surface area contributed by atoms with Crippen molar-refractivity contribution in [1.29, 1.82) is 0 Å². The van der Waals surface area contributed by atoms with Crippen molar-refractivity contribution < 1.29 is 9.53 Å². The SMILES string of the molecule is Cc1cccc(C(C)C)c1NC(=O)CC1(N)COC1. The Hall–Kier alpha value is -1.39. The van der Waals surface area contributed by atoms with Crippen LogP contribution < -0.4 is 11.1 Å². The predicted octanol–water partition coefficient (Wildman–Crippen LogP) is 2.17. The van der Waals surface area contributed by atoms with Crippen molar-refractivity contribution in [3.8, 4) is 0 Å². The van der Waals surface area contributed by atoms with Crippen LogP contribution >= 0.6 is 0 Å². The fourth-order valence-corrected chi connectivity index (χ4v) is 2.31. The monoisotopic (exact) mass is 262 g/mol. The van der Waals surface area contributed by atoms with Crippen molar-refractivity contribution in [2.75, 3.05) is 18.5 Å². The number of anilines is 1. The van der Waals surface area contributed by atoms with Gasteiger partial charge in [0.2, 0.25) is 5.91 Å². The van der Waals surface area contributed by atoms with Gasteiger partial charge in [-0.25, -0.2) is 0 Å². The Morgan fingerprint density at radius 3 is 2.68 bits per heavy atom. The van der Waals surface area contributed by atoms with Crippen LogP contribution in [0.2, 0.25) is 0 Å². The molecule has 0 aliphatic carbocycles. The number of amides is 1. The number of nitrogens with one attached hydrogen (secondary N) is 1. The van der Waals surface area contributed by atoms with Gasteiger partial charge in [0.25, 0.3) is 0 Å². The van der Waals surface area contributed by atoms with Crippen LogP contribution in [-0.4, -0.2) is 24.7 Å². The average molecular weight is 262 g/mol. The van der Waals surface area contributed by atoms with Crippen LogP contribution in [0.15, 0.2) is 18.2 Å². The number of hydrogen-bond donors (Lipinski definition) is 2. The van der Waals surface area contributed by atoms with Crippen molar-refractivity contribution in [2.45, 2.75) is 38.6 Å². The minimum Gasteiger partial charge on any atom is -0.377 e. The molecule has 1 heterocycles. The highest BCUT2D eigenvalue weighted by Crippen LogP contribution is 2.28. The lowest BCUT2D eigenvalue weighted by atomic mass is 9.93. The smallest absolute Gasteiger partial charge is 0.226 e. The minimum atomic E-state index is -0.481. The predicted molar refractivity (Wildman–Crippen MR) is 76.3 cm³/mol. The van der Waals surface area contributed by atoms with Gasteiger partial charge in [-0.2, -0.15) is 0 Å². The van der Waals surface area contributed by atoms with Gasteiger partial charge in [-0.05, 0) is 24.0 Å². The number of aryl methyl sites for hydroxylation is 1. The van der Waals surface area contributed by atoms with Crippen molar-refractivity contribution >= 4 is 11.6 Å². The molecule has 0 atom stereocenters. The summed E-state index contributed by atoms with van der Waals surface area (Å²) >= 11 is 0. The highest BCUT2D eigenvalue weighted by molar-refractivity contribution is 5.93. The van der Waals surface area contributed by atoms with Crippen LogP contribution in [-0.2, 0) is 9.53 Å². The topological polar surface area (TPSA) is 64.4 Å². The standard InChI is InChI=1S/C15H22N2O2/c1-10(2)12-6-4-5-11(3)14(12)17-13(18)7-15(16)8-19-9-15/h4-6,10H,7-9,16H2,1-3H3,(H,17,18). The summed E-state index contributed by atoms with van der Waals surface area (Å²) in [5.41, 5.74) is 8.68. The Morgan fingerprint density at radius 1 is 1.47 bits per heavy atom. The fourth-order valence-electron chi connectivity index (χ4n) is 2.31. The molecule has 2 rings (SSSR count). The molecule has 3 N–H and O–H groups in total. The van der Waals surface area contributed by atoms with E-state index in [0.717, 1.165) is 16.8 Å². The zero-order chi connectivity index (χ0) is 14.0. The van der Waals surface area contributed by atoms with E-state index in [-0.39, 0.29) is 5.91 Å². The zero-order valence-electron chi connectivity index (χ0n) is 11.8. The number of ether oxygens (including phenoxy) is 1. The molecule has 0 aromatic heterocycles. The number of carbonyl (C=O) groups excluding carboxylic acids is 1. The molecule has 1 aromatic rings. The molecule has 1 fully saturated rings. The van der Waals surface area contributed by atoms with E-state index in [9.17, 15) is 4.79 Å². The maximum atomic E-state index is 12.1. The third kappa shape index (κ3) is 3.14. The second kappa shape index (κ2) is 5.31. The molecule has 4 heteroatoms. The van der Waals surface area contributed by atoms with Crippen molar-refractivity contribution in [1.82, 2.24) is 0 Å². The highest BCUT2D eigenvalue weighted by atomic mass is 16.5. The lowest BCUT2D eigenvalue weighted by Crippen LogP contribution is -2.59. The summed E-state index contributed by atoms with van der Waals surface area (Å²) in [4.78, 5) is 12.1. The zero-order valence-corrected chi connectivity index (χ0v) is 11.8. The first-order valence-electron chi connectivity index (χ1n) is 6.67. The molecule has 1 amide bonds. The van der Waals surface area contributed by atoms with E-state index in [1.807, 2.05) is 19.1 Å². The second-order valence-corrected chi connectivity index (χ2v) is 5.77. The summed E-state index contributed by atoms with van der Waals surface area (Å²) < 4.78 is 5.07. The number of benzene rings is 1. The largest absolute Gasteiger partial charge is 0.377 e. The normalized spacial score (nSPS) is 17.1. The molecule has 19 heavy (non-hydrogen) atoms. The van der Waals surface area contributed by atoms with E-state index in [4.69, 9.17) is 10.5 Å². The molecule has 0 unspecified atom stereocenters. The molecular formula is C15H22N2O2. The van der Waals surface area contributed by atoms with Crippen LogP contribution in [0.3, 0.4) is 0 Å². The van der Waals surface area contributed by atoms with Gasteiger partial charge >= 0.3 is 0 Å². The Morgan fingerprint density at radius 2 is 2.16 bits per heavy atom. The summed E-state index contributed by atoms with van der Waals surface area (Å²) in [6.45, 7) is 7.17. The number of nitrogens with two attached hydrogens (primary N) is 1. The highest BCUT2D eigenvalue weighted by Gasteiger charge is 2.36. The first-order valence-corrected chi connectivity index (χ1v) is 6.67. The summed E-state index contributed by atoms with van der Waals surface area (Å²) in [6.07, 6.45) is 0.304. The Bertz CT molecular complexity index is 479. The van der Waals surface area contributed by atoms with Crippen molar-refractivity contribution in [3.63, 3.8) is 0 Å². The maximum absolute atomic E-state index is 12.1. The number of rotatable bonds is 4. The molecule has 0 radical (unpaired) electrons. The number of carbonyl (C=O) groups is 1. The molecule has 104 valence electrons. The summed E-state index contributed by atoms with van der Waals surface area (Å²) in [5, 5.41) is 3.01. The second-order valence-electron chi connectivity index (χ2n) is 5.77. The van der Waals surface area contributed by atoms with E-state index in [1.54, 1.807) is 0 Å². The van der Waals surface area contributed by atoms with E-state index in [2.05, 4.69) is 25.2 Å². The molecular weight excluding hydrogens is 240 g/mol. The quantitative estimate of drug-likeness (QED) is 0.874. The molecule has 1 aromatic carbocycles. The van der Waals surface area contributed by atoms with Gasteiger partial charge in [-0.3, -0.25) is 4.79 Å². The molecule has 0 bridgehead atoms. The summed E-state index contributed by atoms with van der Waals surface area (Å²) in [6, 6.07) is 6.08. The summed E-state index contributed by atoms with van der Waals surface area (Å²) in [5.74, 6) is 0.330. The van der Waals surface area contributed by atoms with Crippen LogP contribution in [0.1, 0.15) is 37.3 Å². The van der Waals surface area contributed by atoms with Crippen LogP contribution in [0.5, 0.6) is 0 Å². The Balaban J connectivity index is 2.12. The van der Waals surface area contributed by atoms with E-state index in [0.29, 0.717) is 25.6 Å². The van der Waals surface area contributed by atoms with Crippen molar-refractivity contribution in [3.05, 3.63) is 29.3 Å². The first kappa shape index (κ1) is 14.0. The minimum absolute atomic E-state index is 0.0398. The van der Waals surface area contributed by atoms with Gasteiger partial charge < -0.3 is 15.8 Å². The molecule has 0 saturated carbocycles. The van der Waals surface area contributed by atoms with Crippen LogP contribution in [0.25, 0.3) is 0 Å². The lowest BCUT2D eigenvalue weighted by Gasteiger charge is -2.37. The molecule has 1 saturated heterocycles. The molecule has 0 spiro atoms. The molecule has 1 aliphatic rings. The van der Waals surface area contributed by atoms with Crippen LogP contribution in [0, 0.1) is 6.92 Å². The van der Waals surface area contributed by atoms with Gasteiger partial charge in [-0.15, -0.1) is 0 Å². The van der Waals surface area contributed by atoms with E-state index in [1.165, 1.54) is 0 Å². The summed E-state index contributed by atoms with van der Waals surface area (Å²) in [7, 11) is 0. The van der Waals surface area contributed by atoms with Crippen molar-refractivity contribution in [2.24, 2.45) is 5.73 Å². The van der Waals surface area contributed by atoms with Gasteiger partial charge in [0.05, 0.1) is 18.8 Å². The fraction of sp³-hybridized carbons (Fsp3) is 0.533. The van der Waals surface area contributed by atoms with Gasteiger partial charge in [0.1, 0.15) is 0 Å². The number of para-hydroxylation sites is 1. The first-order chi connectivity index (χ1) is 8.91. The number of hydrogen-bond acceptors (Lipinski definition) is 3. The van der Waals surface area contributed by atoms with Gasteiger partial charge in [-0.1, -0.05) is 32.0 Å². The molecule has 1 aliphatic heterocycles. The maximum Gasteiger partial charge on any atom is 0.226 e. The van der Waals surface area contributed by atoms with Crippen LogP contribution in [0.4, 0.5) is 5.69 Å². The molecule has 4 nitrogen and oxygen atoms in total. The third-order valence-electron chi connectivity index (χ3n) is 3.48. The van der Waals surface area contributed by atoms with Gasteiger partial charge in [0, 0.05) is 12.1 Å².